The van der Waals surface area contributed by atoms with Gasteiger partial charge < -0.3 is 14.2 Å². The maximum atomic E-state index is 5.30. The molecule has 3 rings (SSSR count). The van der Waals surface area contributed by atoms with Gasteiger partial charge in [-0.05, 0) is 19.9 Å². The Morgan fingerprint density at radius 3 is 2.91 bits per heavy atom. The van der Waals surface area contributed by atoms with Crippen LogP contribution in [0.1, 0.15) is 22.6 Å². The molecule has 0 aliphatic carbocycles. The van der Waals surface area contributed by atoms with Crippen molar-refractivity contribution in [1.29, 1.82) is 0 Å². The molecular formula is C17H24N4O2. The average Bonchev–Trinajstić information content (AvgIpc) is 2.78. The zero-order valence-electron chi connectivity index (χ0n) is 14.1. The standard InChI is InChI=1S/C17H24N4O2/c1-13-16(14(2)23-19-13)12-20-7-8-21(9-10-22-3)17-15(11-20)5-4-6-18-17/h4-6H,7-12H2,1-3H3. The Balaban J connectivity index is 1.79. The van der Waals surface area contributed by atoms with Gasteiger partial charge in [-0.2, -0.15) is 0 Å². The van der Waals surface area contributed by atoms with E-state index in [-0.39, 0.29) is 0 Å². The molecule has 0 unspecified atom stereocenters. The largest absolute Gasteiger partial charge is 0.383 e. The molecule has 6 nitrogen and oxygen atoms in total. The van der Waals surface area contributed by atoms with Crippen LogP contribution in [0, 0.1) is 13.8 Å². The van der Waals surface area contributed by atoms with E-state index in [1.54, 1.807) is 7.11 Å². The van der Waals surface area contributed by atoms with Crippen LogP contribution in [-0.4, -0.2) is 48.4 Å². The third kappa shape index (κ3) is 3.54. The number of ether oxygens (including phenoxy) is 1. The van der Waals surface area contributed by atoms with Gasteiger partial charge in [0.05, 0.1) is 12.3 Å². The van der Waals surface area contributed by atoms with Crippen LogP contribution in [-0.2, 0) is 17.8 Å². The number of hydrogen-bond acceptors (Lipinski definition) is 6. The minimum Gasteiger partial charge on any atom is -0.383 e. The van der Waals surface area contributed by atoms with Crippen molar-refractivity contribution in [3.05, 3.63) is 40.9 Å². The second-order valence-electron chi connectivity index (χ2n) is 5.98. The molecule has 0 saturated heterocycles. The van der Waals surface area contributed by atoms with Crippen LogP contribution < -0.4 is 4.90 Å². The van der Waals surface area contributed by atoms with Crippen LogP contribution in [0.4, 0.5) is 5.82 Å². The van der Waals surface area contributed by atoms with Crippen LogP contribution >= 0.6 is 0 Å². The molecule has 0 amide bonds. The molecule has 0 fully saturated rings. The molecule has 0 atom stereocenters. The Morgan fingerprint density at radius 1 is 1.30 bits per heavy atom. The number of rotatable bonds is 5. The first-order chi connectivity index (χ1) is 11.2. The summed E-state index contributed by atoms with van der Waals surface area (Å²) < 4.78 is 10.5. The normalized spacial score (nSPS) is 15.5. The number of hydrogen-bond donors (Lipinski definition) is 0. The van der Waals surface area contributed by atoms with E-state index < -0.39 is 0 Å². The van der Waals surface area contributed by atoms with Crippen molar-refractivity contribution in [1.82, 2.24) is 15.0 Å². The molecule has 1 aliphatic rings. The smallest absolute Gasteiger partial charge is 0.138 e. The summed E-state index contributed by atoms with van der Waals surface area (Å²) in [6, 6.07) is 4.17. The van der Waals surface area contributed by atoms with E-state index in [1.807, 2.05) is 26.1 Å². The monoisotopic (exact) mass is 316 g/mol. The highest BCUT2D eigenvalue weighted by molar-refractivity contribution is 5.47. The van der Waals surface area contributed by atoms with Crippen molar-refractivity contribution in [3.8, 4) is 0 Å². The summed E-state index contributed by atoms with van der Waals surface area (Å²) in [5, 5.41) is 4.06. The lowest BCUT2D eigenvalue weighted by molar-refractivity contribution is 0.203. The number of fused-ring (bicyclic) bond motifs is 1. The zero-order valence-corrected chi connectivity index (χ0v) is 14.1. The molecule has 0 bridgehead atoms. The molecule has 124 valence electrons. The molecule has 3 heterocycles. The van der Waals surface area contributed by atoms with E-state index in [0.29, 0.717) is 6.61 Å². The highest BCUT2D eigenvalue weighted by atomic mass is 16.5. The van der Waals surface area contributed by atoms with E-state index in [1.165, 1.54) is 11.1 Å². The van der Waals surface area contributed by atoms with Gasteiger partial charge >= 0.3 is 0 Å². The molecule has 2 aromatic heterocycles. The third-order valence-corrected chi connectivity index (χ3v) is 4.38. The number of anilines is 1. The summed E-state index contributed by atoms with van der Waals surface area (Å²) in [4.78, 5) is 9.34. The second kappa shape index (κ2) is 7.10. The number of nitrogens with zero attached hydrogens (tertiary/aromatic N) is 4. The number of pyridine rings is 1. The average molecular weight is 316 g/mol. The van der Waals surface area contributed by atoms with Crippen molar-refractivity contribution in [2.24, 2.45) is 0 Å². The Kier molecular flexibility index (Phi) is 4.93. The molecule has 23 heavy (non-hydrogen) atoms. The van der Waals surface area contributed by atoms with Gasteiger partial charge in [-0.1, -0.05) is 11.2 Å². The van der Waals surface area contributed by atoms with Gasteiger partial charge in [0.15, 0.2) is 0 Å². The minimum atomic E-state index is 0.708. The van der Waals surface area contributed by atoms with Crippen LogP contribution in [0.25, 0.3) is 0 Å². The number of aryl methyl sites for hydroxylation is 2. The van der Waals surface area contributed by atoms with Gasteiger partial charge in [-0.3, -0.25) is 4.90 Å². The van der Waals surface area contributed by atoms with E-state index >= 15 is 0 Å². The maximum Gasteiger partial charge on any atom is 0.138 e. The van der Waals surface area contributed by atoms with Gasteiger partial charge in [-0.25, -0.2) is 4.98 Å². The second-order valence-corrected chi connectivity index (χ2v) is 5.98. The zero-order chi connectivity index (χ0) is 16.2. The van der Waals surface area contributed by atoms with Gasteiger partial charge in [0, 0.05) is 57.2 Å². The molecule has 0 saturated carbocycles. The third-order valence-electron chi connectivity index (χ3n) is 4.38. The van der Waals surface area contributed by atoms with Gasteiger partial charge in [0.2, 0.25) is 0 Å². The summed E-state index contributed by atoms with van der Waals surface area (Å²) in [5.41, 5.74) is 3.43. The quantitative estimate of drug-likeness (QED) is 0.842. The molecule has 0 spiro atoms. The maximum absolute atomic E-state index is 5.30. The molecule has 0 N–H and O–H groups in total. The van der Waals surface area contributed by atoms with Crippen molar-refractivity contribution in [2.45, 2.75) is 26.9 Å². The molecule has 2 aromatic rings. The van der Waals surface area contributed by atoms with E-state index in [2.05, 4.69) is 26.0 Å². The SMILES string of the molecule is COCCN1CCN(Cc2c(C)noc2C)Cc2cccnc21. The first kappa shape index (κ1) is 16.0. The Morgan fingerprint density at radius 2 is 2.17 bits per heavy atom. The van der Waals surface area contributed by atoms with Crippen LogP contribution in [0.2, 0.25) is 0 Å². The first-order valence-corrected chi connectivity index (χ1v) is 8.01. The summed E-state index contributed by atoms with van der Waals surface area (Å²) in [7, 11) is 1.74. The molecule has 6 heteroatoms. The fourth-order valence-electron chi connectivity index (χ4n) is 3.03. The predicted octanol–water partition coefficient (Wildman–Crippen LogP) is 2.16. The van der Waals surface area contributed by atoms with Crippen molar-refractivity contribution >= 4 is 5.82 Å². The van der Waals surface area contributed by atoms with E-state index in [0.717, 1.165) is 50.0 Å². The summed E-state index contributed by atoms with van der Waals surface area (Å²) in [5.74, 6) is 1.99. The minimum absolute atomic E-state index is 0.708. The lowest BCUT2D eigenvalue weighted by Gasteiger charge is -2.23. The molecule has 1 aliphatic heterocycles. The highest BCUT2D eigenvalue weighted by Gasteiger charge is 2.22. The number of aromatic nitrogens is 2. The fourth-order valence-corrected chi connectivity index (χ4v) is 3.03. The summed E-state index contributed by atoms with van der Waals surface area (Å²) in [6.07, 6.45) is 1.86. The van der Waals surface area contributed by atoms with E-state index in [9.17, 15) is 0 Å². The summed E-state index contributed by atoms with van der Waals surface area (Å²) in [6.45, 7) is 9.21. The Hall–Kier alpha value is -1.92. The Bertz CT molecular complexity index is 636. The van der Waals surface area contributed by atoms with Crippen molar-refractivity contribution in [3.63, 3.8) is 0 Å². The van der Waals surface area contributed by atoms with Gasteiger partial charge in [-0.15, -0.1) is 0 Å². The topological polar surface area (TPSA) is 54.6 Å². The first-order valence-electron chi connectivity index (χ1n) is 8.01. The van der Waals surface area contributed by atoms with Crippen LogP contribution in [0.15, 0.2) is 22.9 Å². The summed E-state index contributed by atoms with van der Waals surface area (Å²) >= 11 is 0. The molecule has 0 radical (unpaired) electrons. The lowest BCUT2D eigenvalue weighted by Crippen LogP contribution is -2.33. The van der Waals surface area contributed by atoms with Crippen molar-refractivity contribution < 1.29 is 9.26 Å². The highest BCUT2D eigenvalue weighted by Crippen LogP contribution is 2.24. The Labute approximate surface area is 137 Å². The van der Waals surface area contributed by atoms with Crippen LogP contribution in [0.5, 0.6) is 0 Å². The number of methoxy groups -OCH3 is 1. The molecular weight excluding hydrogens is 292 g/mol. The van der Waals surface area contributed by atoms with Crippen molar-refractivity contribution in [2.75, 3.05) is 38.3 Å². The van der Waals surface area contributed by atoms with Crippen LogP contribution in [0.3, 0.4) is 0 Å². The van der Waals surface area contributed by atoms with Gasteiger partial charge in [0.1, 0.15) is 11.6 Å². The molecule has 0 aromatic carbocycles. The van der Waals surface area contributed by atoms with E-state index in [4.69, 9.17) is 9.26 Å². The lowest BCUT2D eigenvalue weighted by atomic mass is 10.1. The predicted molar refractivity (Wildman–Crippen MR) is 88.4 cm³/mol. The fraction of sp³-hybridized carbons (Fsp3) is 0.529. The van der Waals surface area contributed by atoms with Gasteiger partial charge in [0.25, 0.3) is 0 Å².